The summed E-state index contributed by atoms with van der Waals surface area (Å²) in [7, 11) is 2.60. The number of aliphatic hydroxyl groups excluding tert-OH is 1. The lowest BCUT2D eigenvalue weighted by atomic mass is 10.0. The maximum absolute atomic E-state index is 11.8. The number of aliphatic hydroxyl groups is 1. The van der Waals surface area contributed by atoms with Crippen LogP contribution in [-0.2, 0) is 15.9 Å². The lowest BCUT2D eigenvalue weighted by Gasteiger charge is -2.11. The fraction of sp³-hybridized carbons (Fsp3) is 0.263. The molecule has 1 atom stereocenters. The molecular formula is C19H20N2O5. The minimum absolute atomic E-state index is 0.264. The van der Waals surface area contributed by atoms with Gasteiger partial charge in [0.05, 0.1) is 43.7 Å². The van der Waals surface area contributed by atoms with E-state index in [-0.39, 0.29) is 12.2 Å². The average Bonchev–Trinajstić information content (AvgIpc) is 2.70. The maximum Gasteiger partial charge on any atom is 0.340 e. The normalized spacial score (nSPS) is 12.0. The first-order chi connectivity index (χ1) is 12.6. The number of rotatable bonds is 7. The number of methoxy groups -OCH3 is 2. The van der Waals surface area contributed by atoms with Crippen LogP contribution in [0.2, 0.25) is 0 Å². The van der Waals surface area contributed by atoms with E-state index in [2.05, 4.69) is 10.2 Å². The Bertz CT molecular complexity index is 804. The van der Waals surface area contributed by atoms with E-state index in [1.807, 2.05) is 0 Å². The monoisotopic (exact) mass is 356 g/mol. The molecule has 136 valence electrons. The SMILES string of the molecule is COC(=O)c1ccccc1CC(CO)N=Nc1ccccc1C(=O)OC. The van der Waals surface area contributed by atoms with E-state index in [0.29, 0.717) is 23.2 Å². The summed E-state index contributed by atoms with van der Waals surface area (Å²) in [4.78, 5) is 23.6. The van der Waals surface area contributed by atoms with E-state index in [1.54, 1.807) is 48.5 Å². The van der Waals surface area contributed by atoms with Gasteiger partial charge in [-0.25, -0.2) is 9.59 Å². The molecule has 1 N–H and O–H groups in total. The van der Waals surface area contributed by atoms with Crippen LogP contribution in [0.15, 0.2) is 58.8 Å². The third kappa shape index (κ3) is 4.73. The Morgan fingerprint density at radius 3 is 2.19 bits per heavy atom. The van der Waals surface area contributed by atoms with Crippen molar-refractivity contribution >= 4 is 17.6 Å². The zero-order valence-electron chi connectivity index (χ0n) is 14.6. The van der Waals surface area contributed by atoms with Gasteiger partial charge in [0, 0.05) is 0 Å². The van der Waals surface area contributed by atoms with Gasteiger partial charge in [-0.05, 0) is 30.2 Å². The topological polar surface area (TPSA) is 97.5 Å². The Morgan fingerprint density at radius 2 is 1.54 bits per heavy atom. The smallest absolute Gasteiger partial charge is 0.340 e. The van der Waals surface area contributed by atoms with Crippen LogP contribution < -0.4 is 0 Å². The summed E-state index contributed by atoms with van der Waals surface area (Å²) >= 11 is 0. The van der Waals surface area contributed by atoms with Crippen molar-refractivity contribution in [3.8, 4) is 0 Å². The van der Waals surface area contributed by atoms with Crippen molar-refractivity contribution in [1.82, 2.24) is 0 Å². The fourth-order valence-electron chi connectivity index (χ4n) is 2.39. The van der Waals surface area contributed by atoms with Crippen LogP contribution in [0.3, 0.4) is 0 Å². The Kier molecular flexibility index (Phi) is 6.99. The zero-order valence-corrected chi connectivity index (χ0v) is 14.6. The molecule has 0 aromatic heterocycles. The summed E-state index contributed by atoms with van der Waals surface area (Å²) in [6.45, 7) is -0.264. The molecule has 1 unspecified atom stereocenters. The van der Waals surface area contributed by atoms with Gasteiger partial charge in [-0.2, -0.15) is 10.2 Å². The molecule has 7 nitrogen and oxygen atoms in total. The number of esters is 2. The van der Waals surface area contributed by atoms with Crippen LogP contribution in [0.25, 0.3) is 0 Å². The van der Waals surface area contributed by atoms with Gasteiger partial charge in [-0.15, -0.1) is 0 Å². The van der Waals surface area contributed by atoms with Gasteiger partial charge in [0.1, 0.15) is 0 Å². The molecule has 0 amide bonds. The molecule has 0 aliphatic rings. The summed E-state index contributed by atoms with van der Waals surface area (Å²) in [5, 5.41) is 17.8. The molecule has 0 aliphatic heterocycles. The van der Waals surface area contributed by atoms with Gasteiger partial charge in [0.2, 0.25) is 0 Å². The van der Waals surface area contributed by atoms with Crippen molar-refractivity contribution in [1.29, 1.82) is 0 Å². The van der Waals surface area contributed by atoms with Crippen LogP contribution in [-0.4, -0.2) is 43.9 Å². The molecule has 7 heteroatoms. The Labute approximate surface area is 151 Å². The predicted molar refractivity (Wildman–Crippen MR) is 94.7 cm³/mol. The van der Waals surface area contributed by atoms with Gasteiger partial charge in [0.15, 0.2) is 0 Å². The molecule has 0 bridgehead atoms. The van der Waals surface area contributed by atoms with Crippen molar-refractivity contribution in [3.63, 3.8) is 0 Å². The summed E-state index contributed by atoms with van der Waals surface area (Å²) in [5.74, 6) is -0.971. The molecule has 0 fully saturated rings. The van der Waals surface area contributed by atoms with Crippen LogP contribution in [0, 0.1) is 0 Å². The van der Waals surface area contributed by atoms with Gasteiger partial charge < -0.3 is 14.6 Å². The summed E-state index contributed by atoms with van der Waals surface area (Å²) in [6, 6.07) is 13.0. The number of hydrogen-bond acceptors (Lipinski definition) is 7. The summed E-state index contributed by atoms with van der Waals surface area (Å²) < 4.78 is 9.49. The lowest BCUT2D eigenvalue weighted by molar-refractivity contribution is 0.0591. The first kappa shape index (κ1) is 19.3. The van der Waals surface area contributed by atoms with Crippen LogP contribution in [0.4, 0.5) is 5.69 Å². The number of azo groups is 1. The molecule has 0 saturated heterocycles. The van der Waals surface area contributed by atoms with E-state index in [4.69, 9.17) is 9.47 Å². The second-order valence-electron chi connectivity index (χ2n) is 5.41. The highest BCUT2D eigenvalue weighted by Gasteiger charge is 2.16. The number of benzene rings is 2. The number of hydrogen-bond donors (Lipinski definition) is 1. The highest BCUT2D eigenvalue weighted by molar-refractivity contribution is 5.94. The van der Waals surface area contributed by atoms with Crippen LogP contribution in [0.5, 0.6) is 0 Å². The van der Waals surface area contributed by atoms with Crippen molar-refractivity contribution in [2.45, 2.75) is 12.5 Å². The lowest BCUT2D eigenvalue weighted by Crippen LogP contribution is -2.16. The number of nitrogens with zero attached hydrogens (tertiary/aromatic N) is 2. The van der Waals surface area contributed by atoms with E-state index in [1.165, 1.54) is 14.2 Å². The minimum atomic E-state index is -0.577. The number of ether oxygens (including phenoxy) is 2. The van der Waals surface area contributed by atoms with Gasteiger partial charge in [0.25, 0.3) is 0 Å². The molecule has 2 rings (SSSR count). The van der Waals surface area contributed by atoms with Crippen molar-refractivity contribution in [3.05, 3.63) is 65.2 Å². The van der Waals surface area contributed by atoms with Crippen molar-refractivity contribution < 1.29 is 24.2 Å². The Morgan fingerprint density at radius 1 is 0.962 bits per heavy atom. The number of carbonyl (C=O) groups is 2. The molecule has 0 saturated carbocycles. The third-order valence-electron chi connectivity index (χ3n) is 3.73. The molecule has 2 aromatic rings. The molecule has 0 spiro atoms. The quantitative estimate of drug-likeness (QED) is 0.607. The first-order valence-corrected chi connectivity index (χ1v) is 7.96. The van der Waals surface area contributed by atoms with Gasteiger partial charge in [-0.3, -0.25) is 0 Å². The van der Waals surface area contributed by atoms with Crippen molar-refractivity contribution in [2.24, 2.45) is 10.2 Å². The van der Waals surface area contributed by atoms with Gasteiger partial charge in [-0.1, -0.05) is 30.3 Å². The van der Waals surface area contributed by atoms with Crippen molar-refractivity contribution in [2.75, 3.05) is 20.8 Å². The molecule has 2 aromatic carbocycles. The van der Waals surface area contributed by atoms with E-state index in [9.17, 15) is 14.7 Å². The average molecular weight is 356 g/mol. The van der Waals surface area contributed by atoms with Gasteiger partial charge >= 0.3 is 11.9 Å². The first-order valence-electron chi connectivity index (χ1n) is 7.96. The van der Waals surface area contributed by atoms with Crippen LogP contribution in [0.1, 0.15) is 26.3 Å². The maximum atomic E-state index is 11.8. The largest absolute Gasteiger partial charge is 0.465 e. The minimum Gasteiger partial charge on any atom is -0.465 e. The molecule has 0 heterocycles. The van der Waals surface area contributed by atoms with E-state index in [0.717, 1.165) is 0 Å². The molecule has 0 aliphatic carbocycles. The number of carbonyl (C=O) groups excluding carboxylic acids is 2. The highest BCUT2D eigenvalue weighted by Crippen LogP contribution is 2.21. The molecular weight excluding hydrogens is 336 g/mol. The summed E-state index contributed by atoms with van der Waals surface area (Å²) in [6.07, 6.45) is 0.297. The fourth-order valence-corrected chi connectivity index (χ4v) is 2.39. The molecule has 0 radical (unpaired) electrons. The molecule has 26 heavy (non-hydrogen) atoms. The van der Waals surface area contributed by atoms with E-state index < -0.39 is 18.0 Å². The van der Waals surface area contributed by atoms with Crippen LogP contribution >= 0.6 is 0 Å². The Hall–Kier alpha value is -3.06. The second kappa shape index (κ2) is 9.43. The standard InChI is InChI=1S/C19H20N2O5/c1-25-18(23)15-8-4-3-7-13(15)11-14(12-22)20-21-17-10-6-5-9-16(17)19(24)26-2/h3-10,14,22H,11-12H2,1-2H3. The zero-order chi connectivity index (χ0) is 18.9. The summed E-state index contributed by atoms with van der Waals surface area (Å²) in [5.41, 5.74) is 1.74. The predicted octanol–water partition coefficient (Wildman–Crippen LogP) is 2.95. The second-order valence-corrected chi connectivity index (χ2v) is 5.41. The Balaban J connectivity index is 2.23. The van der Waals surface area contributed by atoms with E-state index >= 15 is 0 Å². The highest BCUT2D eigenvalue weighted by atomic mass is 16.5. The third-order valence-corrected chi connectivity index (χ3v) is 3.73.